The Labute approximate surface area is 257 Å². The Bertz CT molecular complexity index is 1200. The second-order valence-corrected chi connectivity index (χ2v) is 8.37. The number of alkyl halides is 8. The van der Waals surface area contributed by atoms with E-state index >= 15 is 0 Å². The van der Waals surface area contributed by atoms with Gasteiger partial charge in [-0.2, -0.15) is 26.3 Å². The molecule has 4 atom stereocenters. The van der Waals surface area contributed by atoms with Gasteiger partial charge < -0.3 is 29.2 Å². The molecule has 14 heteroatoms. The van der Waals surface area contributed by atoms with Crippen molar-refractivity contribution in [2.24, 2.45) is 0 Å². The van der Waals surface area contributed by atoms with Crippen LogP contribution in [0, 0.1) is 6.92 Å². The van der Waals surface area contributed by atoms with Crippen molar-refractivity contribution in [3.05, 3.63) is 72.3 Å². The molecule has 0 bridgehead atoms. The lowest BCUT2D eigenvalue weighted by Gasteiger charge is -2.32. The number of fused-ring (bicyclic) bond motifs is 1. The summed E-state index contributed by atoms with van der Waals surface area (Å²) in [6, 6.07) is 15.7. The highest BCUT2D eigenvalue weighted by Crippen LogP contribution is 2.47. The van der Waals surface area contributed by atoms with Gasteiger partial charge in [-0.1, -0.05) is 64.1 Å². The van der Waals surface area contributed by atoms with E-state index in [2.05, 4.69) is 18.9 Å². The van der Waals surface area contributed by atoms with Gasteiger partial charge in [-0.3, -0.25) is 0 Å². The van der Waals surface area contributed by atoms with E-state index in [1.807, 2.05) is 27.7 Å². The Balaban J connectivity index is 0.000000613. The number of para-hydroxylation sites is 5. The minimum atomic E-state index is -4.65. The first kappa shape index (κ1) is 40.9. The lowest BCUT2D eigenvalue weighted by atomic mass is 10.2. The minimum Gasteiger partial charge on any atom is -0.504 e. The van der Waals surface area contributed by atoms with E-state index in [1.165, 1.54) is 43.3 Å². The summed E-state index contributed by atoms with van der Waals surface area (Å²) in [4.78, 5) is 0. The van der Waals surface area contributed by atoms with Crippen molar-refractivity contribution in [2.75, 3.05) is 0 Å². The number of benzene rings is 3. The summed E-state index contributed by atoms with van der Waals surface area (Å²) >= 11 is 0. The van der Waals surface area contributed by atoms with E-state index in [-0.39, 0.29) is 34.5 Å². The zero-order valence-electron chi connectivity index (χ0n) is 25.7. The van der Waals surface area contributed by atoms with Crippen LogP contribution in [0.3, 0.4) is 0 Å². The van der Waals surface area contributed by atoms with Crippen molar-refractivity contribution in [1.29, 1.82) is 0 Å². The summed E-state index contributed by atoms with van der Waals surface area (Å²) in [6.07, 6.45) is -16.8. The van der Waals surface area contributed by atoms with E-state index in [4.69, 9.17) is 10.2 Å². The van der Waals surface area contributed by atoms with Crippen LogP contribution in [0.15, 0.2) is 66.7 Å². The van der Waals surface area contributed by atoms with Gasteiger partial charge in [0.1, 0.15) is 0 Å². The Morgan fingerprint density at radius 3 is 1.36 bits per heavy atom. The predicted molar refractivity (Wildman–Crippen MR) is 153 cm³/mol. The number of hydrogen-bond acceptors (Lipinski definition) is 6. The Kier molecular flexibility index (Phi) is 17.6. The lowest BCUT2D eigenvalue weighted by molar-refractivity contribution is -0.391. The molecule has 0 saturated heterocycles. The van der Waals surface area contributed by atoms with Gasteiger partial charge in [0.15, 0.2) is 46.8 Å². The fourth-order valence-corrected chi connectivity index (χ4v) is 2.77. The maximum absolute atomic E-state index is 12.7. The molecule has 45 heavy (non-hydrogen) atoms. The van der Waals surface area contributed by atoms with E-state index < -0.39 is 37.3 Å². The van der Waals surface area contributed by atoms with Gasteiger partial charge in [-0.05, 0) is 56.7 Å². The molecule has 0 amide bonds. The second-order valence-electron chi connectivity index (χ2n) is 8.37. The largest absolute Gasteiger partial charge is 0.507 e. The molecule has 1 heterocycles. The van der Waals surface area contributed by atoms with Gasteiger partial charge in [0.05, 0.1) is 0 Å². The molecule has 3 aromatic carbocycles. The summed E-state index contributed by atoms with van der Waals surface area (Å²) in [6.45, 7) is 11.6. The summed E-state index contributed by atoms with van der Waals surface area (Å²) < 4.78 is 118. The molecule has 4 rings (SSSR count). The average Bonchev–Trinajstić information content (AvgIpc) is 2.99. The number of hydrogen-bond donors (Lipinski definition) is 2. The van der Waals surface area contributed by atoms with Gasteiger partial charge in [-0.25, -0.2) is 8.78 Å². The fourth-order valence-electron chi connectivity index (χ4n) is 2.77. The molecule has 6 nitrogen and oxygen atoms in total. The molecule has 2 N–H and O–H groups in total. The first-order valence-electron chi connectivity index (χ1n) is 13.7. The SMILES string of the molecule is CC.CC.CC(F)C(F)Oc1ccccc1O.CC(F)C(F)Oc1ccccc1O.Cc1cccc2c1OC(F)(F)C(F)(F)O2. The second kappa shape index (κ2) is 19.3. The molecular weight excluding hydrogens is 620 g/mol. The quantitative estimate of drug-likeness (QED) is 0.257. The van der Waals surface area contributed by atoms with Gasteiger partial charge >= 0.3 is 12.2 Å². The molecule has 1 aliphatic heterocycles. The first-order chi connectivity index (χ1) is 21.1. The van der Waals surface area contributed by atoms with E-state index in [1.54, 1.807) is 24.3 Å². The molecule has 0 fully saturated rings. The van der Waals surface area contributed by atoms with E-state index in [0.29, 0.717) is 5.56 Å². The van der Waals surface area contributed by atoms with Gasteiger partial charge in [0.2, 0.25) is 0 Å². The molecule has 254 valence electrons. The van der Waals surface area contributed by atoms with Crippen molar-refractivity contribution >= 4 is 0 Å². The van der Waals surface area contributed by atoms with E-state index in [0.717, 1.165) is 19.9 Å². The van der Waals surface area contributed by atoms with Crippen LogP contribution in [-0.4, -0.2) is 47.5 Å². The topological polar surface area (TPSA) is 77.4 Å². The van der Waals surface area contributed by atoms with Crippen LogP contribution in [0.5, 0.6) is 34.5 Å². The maximum atomic E-state index is 12.7. The maximum Gasteiger partial charge on any atom is 0.507 e. The van der Waals surface area contributed by atoms with Crippen LogP contribution in [0.25, 0.3) is 0 Å². The molecule has 0 aliphatic carbocycles. The third-order valence-electron chi connectivity index (χ3n) is 4.91. The average molecular weight is 659 g/mol. The molecule has 1 aliphatic rings. The first-order valence-corrected chi connectivity index (χ1v) is 13.7. The zero-order valence-corrected chi connectivity index (χ0v) is 25.7. The molecule has 3 aromatic rings. The van der Waals surface area contributed by atoms with Crippen molar-refractivity contribution in [1.82, 2.24) is 0 Å². The van der Waals surface area contributed by atoms with Gasteiger partial charge in [-0.15, -0.1) is 0 Å². The van der Waals surface area contributed by atoms with Crippen molar-refractivity contribution in [3.8, 4) is 34.5 Å². The predicted octanol–water partition coefficient (Wildman–Crippen LogP) is 9.85. The number of ether oxygens (including phenoxy) is 4. The Hall–Kier alpha value is -4.10. The summed E-state index contributed by atoms with van der Waals surface area (Å²) in [5, 5.41) is 18.3. The van der Waals surface area contributed by atoms with E-state index in [9.17, 15) is 35.1 Å². The standard InChI is InChI=1S/C9H6F4O2.2C9H10F2O2.2C2H6/c1-5-3-2-4-6-7(5)15-9(12,13)8(10,11)14-6;2*1-6(10)9(11)13-8-5-3-2-4-7(8)12;2*1-2/h2-4H,1H3;2*2-6,9,12H,1H3;2*1-2H3. The third-order valence-corrected chi connectivity index (χ3v) is 4.91. The monoisotopic (exact) mass is 658 g/mol. The van der Waals surface area contributed by atoms with Gasteiger partial charge in [0.25, 0.3) is 12.7 Å². The smallest absolute Gasteiger partial charge is 0.504 e. The highest BCUT2D eigenvalue weighted by atomic mass is 19.3. The van der Waals surface area contributed by atoms with Crippen molar-refractivity contribution < 1.29 is 64.3 Å². The Morgan fingerprint density at radius 1 is 0.600 bits per heavy atom. The molecule has 4 unspecified atom stereocenters. The number of aryl methyl sites for hydroxylation is 1. The Morgan fingerprint density at radius 2 is 0.978 bits per heavy atom. The summed E-state index contributed by atoms with van der Waals surface area (Å²) in [7, 11) is 0. The van der Waals surface area contributed by atoms with Gasteiger partial charge in [0, 0.05) is 0 Å². The molecular formula is C31H38F8O6. The van der Waals surface area contributed by atoms with Crippen molar-refractivity contribution in [2.45, 2.75) is 85.7 Å². The lowest BCUT2D eigenvalue weighted by Crippen LogP contribution is -2.52. The molecule has 0 spiro atoms. The minimum absolute atomic E-state index is 0.0560. The van der Waals surface area contributed by atoms with Crippen LogP contribution >= 0.6 is 0 Å². The third kappa shape index (κ3) is 12.8. The number of phenolic OH excluding ortho intramolecular Hbond substituents is 2. The molecule has 0 aromatic heterocycles. The number of aromatic hydroxyl groups is 2. The zero-order chi connectivity index (χ0) is 35.0. The molecule has 0 radical (unpaired) electrons. The normalized spacial score (nSPS) is 16.0. The van der Waals surface area contributed by atoms with Crippen LogP contribution < -0.4 is 18.9 Å². The number of rotatable bonds is 6. The summed E-state index contributed by atoms with van der Waals surface area (Å²) in [5.74, 6) is -1.25. The highest BCUT2D eigenvalue weighted by Gasteiger charge is 2.66. The number of halogens is 8. The van der Waals surface area contributed by atoms with Crippen LogP contribution in [0.4, 0.5) is 35.1 Å². The van der Waals surface area contributed by atoms with Crippen LogP contribution in [-0.2, 0) is 0 Å². The summed E-state index contributed by atoms with van der Waals surface area (Å²) in [5.41, 5.74) is 0.308. The van der Waals surface area contributed by atoms with Crippen LogP contribution in [0.2, 0.25) is 0 Å². The number of phenols is 2. The van der Waals surface area contributed by atoms with Crippen LogP contribution in [0.1, 0.15) is 47.1 Å². The fraction of sp³-hybridized carbons (Fsp3) is 0.419. The molecule has 0 saturated carbocycles. The highest BCUT2D eigenvalue weighted by molar-refractivity contribution is 5.47. The van der Waals surface area contributed by atoms with Crippen molar-refractivity contribution in [3.63, 3.8) is 0 Å².